The average molecular weight is 270 g/mol. The number of hydrogen-bond donors (Lipinski definition) is 0. The second-order valence-electron chi connectivity index (χ2n) is 4.43. The molecular formula is C17H18O3. The van der Waals surface area contributed by atoms with Gasteiger partial charge in [-0.2, -0.15) is 0 Å². The monoisotopic (exact) mass is 270 g/mol. The number of ether oxygens (including phenoxy) is 2. The summed E-state index contributed by atoms with van der Waals surface area (Å²) in [4.78, 5) is 11.5. The Labute approximate surface area is 119 Å². The van der Waals surface area contributed by atoms with E-state index in [2.05, 4.69) is 12.1 Å². The van der Waals surface area contributed by atoms with E-state index in [9.17, 15) is 4.79 Å². The number of carbonyl (C=O) groups is 1. The summed E-state index contributed by atoms with van der Waals surface area (Å²) in [6, 6.07) is 17.8. The second-order valence-corrected chi connectivity index (χ2v) is 4.43. The van der Waals surface area contributed by atoms with Gasteiger partial charge in [0.05, 0.1) is 7.11 Å². The number of esters is 1. The predicted molar refractivity (Wildman–Crippen MR) is 78.6 cm³/mol. The van der Waals surface area contributed by atoms with Crippen LogP contribution in [0.5, 0.6) is 5.75 Å². The SMILES string of the molecule is CCC(Oc1ccc(-c2ccccc2)cc1)C(=O)OC. The molecular weight excluding hydrogens is 252 g/mol. The average Bonchev–Trinajstić information content (AvgIpc) is 2.53. The molecule has 0 N–H and O–H groups in total. The standard InChI is InChI=1S/C17H18O3/c1-3-16(17(18)19-2)20-15-11-9-14(10-12-15)13-7-5-4-6-8-13/h4-12,16H,3H2,1-2H3. The van der Waals surface area contributed by atoms with Crippen molar-refractivity contribution in [1.29, 1.82) is 0 Å². The minimum Gasteiger partial charge on any atom is -0.479 e. The third-order valence-corrected chi connectivity index (χ3v) is 3.07. The van der Waals surface area contributed by atoms with Gasteiger partial charge >= 0.3 is 5.97 Å². The third-order valence-electron chi connectivity index (χ3n) is 3.07. The first-order valence-electron chi connectivity index (χ1n) is 6.64. The van der Waals surface area contributed by atoms with Gasteiger partial charge in [-0.25, -0.2) is 4.79 Å². The van der Waals surface area contributed by atoms with Crippen molar-refractivity contribution >= 4 is 5.97 Å². The molecule has 2 rings (SSSR count). The zero-order chi connectivity index (χ0) is 14.4. The Kier molecular flexibility index (Phi) is 4.77. The van der Waals surface area contributed by atoms with Crippen molar-refractivity contribution in [3.05, 3.63) is 54.6 Å². The molecule has 0 aliphatic rings. The largest absolute Gasteiger partial charge is 0.479 e. The lowest BCUT2D eigenvalue weighted by atomic mass is 10.1. The quantitative estimate of drug-likeness (QED) is 0.777. The van der Waals surface area contributed by atoms with E-state index in [0.717, 1.165) is 11.1 Å². The van der Waals surface area contributed by atoms with Crippen LogP contribution in [0, 0.1) is 0 Å². The molecule has 0 saturated heterocycles. The fourth-order valence-corrected chi connectivity index (χ4v) is 1.95. The second kappa shape index (κ2) is 6.75. The van der Waals surface area contributed by atoms with Crippen LogP contribution in [0.15, 0.2) is 54.6 Å². The molecule has 0 heterocycles. The summed E-state index contributed by atoms with van der Waals surface area (Å²) in [6.45, 7) is 1.89. The first kappa shape index (κ1) is 14.1. The Morgan fingerprint density at radius 1 is 1.00 bits per heavy atom. The highest BCUT2D eigenvalue weighted by Crippen LogP contribution is 2.23. The van der Waals surface area contributed by atoms with E-state index in [1.54, 1.807) is 0 Å². The van der Waals surface area contributed by atoms with Crippen LogP contribution in [-0.4, -0.2) is 19.2 Å². The molecule has 0 bridgehead atoms. The van der Waals surface area contributed by atoms with Crippen LogP contribution in [0.1, 0.15) is 13.3 Å². The van der Waals surface area contributed by atoms with Crippen molar-refractivity contribution in [2.45, 2.75) is 19.4 Å². The minimum atomic E-state index is -0.553. The van der Waals surface area contributed by atoms with E-state index in [4.69, 9.17) is 9.47 Å². The predicted octanol–water partition coefficient (Wildman–Crippen LogP) is 3.68. The molecule has 0 fully saturated rings. The van der Waals surface area contributed by atoms with E-state index >= 15 is 0 Å². The molecule has 1 atom stereocenters. The summed E-state index contributed by atoms with van der Waals surface area (Å²) >= 11 is 0. The van der Waals surface area contributed by atoms with Crippen LogP contribution in [0.2, 0.25) is 0 Å². The molecule has 0 radical (unpaired) electrons. The molecule has 20 heavy (non-hydrogen) atoms. The van der Waals surface area contributed by atoms with Gasteiger partial charge in [0.2, 0.25) is 0 Å². The van der Waals surface area contributed by atoms with Gasteiger partial charge < -0.3 is 9.47 Å². The maximum Gasteiger partial charge on any atom is 0.347 e. The van der Waals surface area contributed by atoms with Crippen molar-refractivity contribution in [2.75, 3.05) is 7.11 Å². The van der Waals surface area contributed by atoms with Gasteiger partial charge in [0.25, 0.3) is 0 Å². The molecule has 3 nitrogen and oxygen atoms in total. The van der Waals surface area contributed by atoms with Crippen molar-refractivity contribution < 1.29 is 14.3 Å². The highest BCUT2D eigenvalue weighted by atomic mass is 16.6. The van der Waals surface area contributed by atoms with Gasteiger partial charge in [0.15, 0.2) is 6.10 Å². The van der Waals surface area contributed by atoms with Crippen LogP contribution in [0.25, 0.3) is 11.1 Å². The van der Waals surface area contributed by atoms with Crippen LogP contribution >= 0.6 is 0 Å². The topological polar surface area (TPSA) is 35.5 Å². The number of hydrogen-bond acceptors (Lipinski definition) is 3. The molecule has 0 aliphatic heterocycles. The fraction of sp³-hybridized carbons (Fsp3) is 0.235. The van der Waals surface area contributed by atoms with Gasteiger partial charge in [-0.05, 0) is 29.7 Å². The number of carbonyl (C=O) groups excluding carboxylic acids is 1. The lowest BCUT2D eigenvalue weighted by Gasteiger charge is -2.15. The summed E-state index contributed by atoms with van der Waals surface area (Å²) < 4.78 is 10.3. The van der Waals surface area contributed by atoms with Gasteiger partial charge in [-0.3, -0.25) is 0 Å². The van der Waals surface area contributed by atoms with E-state index in [-0.39, 0.29) is 5.97 Å². The summed E-state index contributed by atoms with van der Waals surface area (Å²) in [5.41, 5.74) is 2.27. The first-order valence-corrected chi connectivity index (χ1v) is 6.64. The smallest absolute Gasteiger partial charge is 0.347 e. The van der Waals surface area contributed by atoms with Crippen LogP contribution in [-0.2, 0) is 9.53 Å². The van der Waals surface area contributed by atoms with Crippen molar-refractivity contribution in [1.82, 2.24) is 0 Å². The van der Waals surface area contributed by atoms with E-state index in [1.807, 2.05) is 49.4 Å². The highest BCUT2D eigenvalue weighted by Gasteiger charge is 2.18. The van der Waals surface area contributed by atoms with Crippen LogP contribution < -0.4 is 4.74 Å². The maximum atomic E-state index is 11.5. The maximum absolute atomic E-state index is 11.5. The Bertz CT molecular complexity index is 546. The lowest BCUT2D eigenvalue weighted by Crippen LogP contribution is -2.27. The van der Waals surface area contributed by atoms with Crippen LogP contribution in [0.4, 0.5) is 0 Å². The van der Waals surface area contributed by atoms with Crippen molar-refractivity contribution in [3.8, 4) is 16.9 Å². The Hall–Kier alpha value is -2.29. The third kappa shape index (κ3) is 3.38. The summed E-state index contributed by atoms with van der Waals surface area (Å²) in [6.07, 6.45) is 0.0233. The zero-order valence-corrected chi connectivity index (χ0v) is 11.7. The Morgan fingerprint density at radius 3 is 2.15 bits per heavy atom. The molecule has 0 saturated carbocycles. The molecule has 2 aromatic rings. The lowest BCUT2D eigenvalue weighted by molar-refractivity contribution is -0.148. The molecule has 0 aromatic heterocycles. The normalized spacial score (nSPS) is 11.7. The molecule has 0 amide bonds. The van der Waals surface area contributed by atoms with Gasteiger partial charge in [0.1, 0.15) is 5.75 Å². The van der Waals surface area contributed by atoms with Gasteiger partial charge in [-0.15, -0.1) is 0 Å². The van der Waals surface area contributed by atoms with Gasteiger partial charge in [0, 0.05) is 0 Å². The summed E-state index contributed by atoms with van der Waals surface area (Å²) in [7, 11) is 1.37. The highest BCUT2D eigenvalue weighted by molar-refractivity contribution is 5.75. The van der Waals surface area contributed by atoms with E-state index in [0.29, 0.717) is 12.2 Å². The van der Waals surface area contributed by atoms with E-state index < -0.39 is 6.10 Å². The minimum absolute atomic E-state index is 0.348. The summed E-state index contributed by atoms with van der Waals surface area (Å²) in [5.74, 6) is 0.321. The van der Waals surface area contributed by atoms with Gasteiger partial charge in [-0.1, -0.05) is 49.4 Å². The number of benzene rings is 2. The fourth-order valence-electron chi connectivity index (χ4n) is 1.95. The number of rotatable bonds is 5. The molecule has 2 aromatic carbocycles. The molecule has 0 spiro atoms. The van der Waals surface area contributed by atoms with Crippen molar-refractivity contribution in [2.24, 2.45) is 0 Å². The number of methoxy groups -OCH3 is 1. The molecule has 0 aliphatic carbocycles. The molecule has 3 heteroatoms. The summed E-state index contributed by atoms with van der Waals surface area (Å²) in [5, 5.41) is 0. The van der Waals surface area contributed by atoms with Crippen molar-refractivity contribution in [3.63, 3.8) is 0 Å². The Morgan fingerprint density at radius 2 is 1.60 bits per heavy atom. The molecule has 1 unspecified atom stereocenters. The van der Waals surface area contributed by atoms with E-state index in [1.165, 1.54) is 7.11 Å². The Balaban J connectivity index is 2.10. The molecule has 104 valence electrons. The van der Waals surface area contributed by atoms with Crippen LogP contribution in [0.3, 0.4) is 0 Å². The zero-order valence-electron chi connectivity index (χ0n) is 11.7. The first-order chi connectivity index (χ1) is 9.74.